The molecule has 0 amide bonds. The van der Waals surface area contributed by atoms with E-state index in [-0.39, 0.29) is 28.3 Å². The van der Waals surface area contributed by atoms with Gasteiger partial charge in [0.1, 0.15) is 6.54 Å². The normalized spacial score (nSPS) is 11.6. The predicted molar refractivity (Wildman–Crippen MR) is 116 cm³/mol. The highest BCUT2D eigenvalue weighted by Crippen LogP contribution is 2.30. The zero-order valence-corrected chi connectivity index (χ0v) is 17.5. The maximum absolute atomic E-state index is 13.3. The van der Waals surface area contributed by atoms with Gasteiger partial charge in [-0.1, -0.05) is 36.4 Å². The average Bonchev–Trinajstić information content (AvgIpc) is 3.01. The van der Waals surface area contributed by atoms with E-state index in [1.165, 1.54) is 6.20 Å². The number of aromatic nitrogens is 2. The van der Waals surface area contributed by atoms with Crippen LogP contribution in [0.4, 0.5) is 0 Å². The molecule has 2 N–H and O–H groups in total. The van der Waals surface area contributed by atoms with Crippen LogP contribution in [0.15, 0.2) is 81.4 Å². The van der Waals surface area contributed by atoms with E-state index in [0.717, 1.165) is 0 Å². The Hall–Kier alpha value is -3.65. The van der Waals surface area contributed by atoms with Crippen LogP contribution in [0, 0.1) is 6.92 Å². The van der Waals surface area contributed by atoms with Crippen molar-refractivity contribution >= 4 is 26.7 Å². The largest absolute Gasteiger partial charge is 0.480 e. The first-order chi connectivity index (χ1) is 14.8. The molecule has 0 aliphatic rings. The molecule has 4 rings (SSSR count). The molecule has 0 saturated carbocycles. The quantitative estimate of drug-likeness (QED) is 0.483. The molecule has 0 bridgehead atoms. The summed E-state index contributed by atoms with van der Waals surface area (Å²) in [7, 11) is -3.77. The lowest BCUT2D eigenvalue weighted by atomic mass is 10.0. The Labute approximate surface area is 178 Å². The number of carboxylic acids is 1. The van der Waals surface area contributed by atoms with Gasteiger partial charge in [-0.3, -0.25) is 9.59 Å². The van der Waals surface area contributed by atoms with Crippen molar-refractivity contribution in [1.82, 2.24) is 9.55 Å². The van der Waals surface area contributed by atoms with Gasteiger partial charge in [0.2, 0.25) is 9.84 Å². The summed E-state index contributed by atoms with van der Waals surface area (Å²) in [6.45, 7) is 1.45. The number of hydrogen-bond donors (Lipinski definition) is 2. The first-order valence-corrected chi connectivity index (χ1v) is 11.1. The van der Waals surface area contributed by atoms with Gasteiger partial charge >= 0.3 is 5.97 Å². The highest BCUT2D eigenvalue weighted by molar-refractivity contribution is 7.91. The van der Waals surface area contributed by atoms with Crippen LogP contribution in [0.5, 0.6) is 0 Å². The maximum atomic E-state index is 13.3. The van der Waals surface area contributed by atoms with E-state index in [4.69, 9.17) is 0 Å². The Morgan fingerprint density at radius 3 is 2.42 bits per heavy atom. The van der Waals surface area contributed by atoms with Crippen molar-refractivity contribution in [2.24, 2.45) is 0 Å². The van der Waals surface area contributed by atoms with Gasteiger partial charge in [-0.25, -0.2) is 8.42 Å². The van der Waals surface area contributed by atoms with Crippen LogP contribution in [0.1, 0.15) is 16.8 Å². The van der Waals surface area contributed by atoms with Gasteiger partial charge in [0.25, 0.3) is 5.56 Å². The molecule has 31 heavy (non-hydrogen) atoms. The summed E-state index contributed by atoms with van der Waals surface area (Å²) in [6, 6.07) is 16.5. The third-order valence-electron chi connectivity index (χ3n) is 5.35. The molecule has 4 aromatic rings. The van der Waals surface area contributed by atoms with Crippen molar-refractivity contribution in [2.75, 3.05) is 0 Å². The molecule has 2 aromatic heterocycles. The lowest BCUT2D eigenvalue weighted by Gasteiger charge is -2.11. The SMILES string of the molecule is Cc1c(Cc2ccccc2S(=O)(=O)c2ccccc2)c2c(=O)[nH]ccc2n1CC(=O)O. The molecule has 2 heterocycles. The number of hydrogen-bond acceptors (Lipinski definition) is 4. The van der Waals surface area contributed by atoms with Crippen LogP contribution < -0.4 is 5.56 Å². The maximum Gasteiger partial charge on any atom is 0.323 e. The zero-order valence-electron chi connectivity index (χ0n) is 16.7. The summed E-state index contributed by atoms with van der Waals surface area (Å²) < 4.78 is 28.1. The minimum Gasteiger partial charge on any atom is -0.480 e. The standard InChI is InChI=1S/C23H20N2O5S/c1-15-18(22-19(11-12-24-23(22)28)25(15)14-21(26)27)13-16-7-5-6-10-20(16)31(29,30)17-8-3-2-4-9-17/h2-12H,13-14H2,1H3,(H,24,28)(H,26,27). The fourth-order valence-corrected chi connectivity index (χ4v) is 5.41. The number of aromatic amines is 1. The molecule has 0 fully saturated rings. The van der Waals surface area contributed by atoms with Crippen LogP contribution in [0.2, 0.25) is 0 Å². The van der Waals surface area contributed by atoms with Crippen molar-refractivity contribution in [3.63, 3.8) is 0 Å². The molecule has 0 radical (unpaired) electrons. The molecular weight excluding hydrogens is 416 g/mol. The van der Waals surface area contributed by atoms with Gasteiger partial charge in [-0.05, 0) is 42.3 Å². The second kappa shape index (κ2) is 7.88. The van der Waals surface area contributed by atoms with E-state index < -0.39 is 15.8 Å². The minimum atomic E-state index is -3.77. The van der Waals surface area contributed by atoms with Gasteiger partial charge < -0.3 is 14.7 Å². The van der Waals surface area contributed by atoms with E-state index in [2.05, 4.69) is 4.98 Å². The van der Waals surface area contributed by atoms with Gasteiger partial charge in [-0.2, -0.15) is 0 Å². The highest BCUT2D eigenvalue weighted by Gasteiger charge is 2.24. The first-order valence-electron chi connectivity index (χ1n) is 9.60. The molecule has 0 unspecified atom stereocenters. The number of rotatable bonds is 6. The number of benzene rings is 2. The van der Waals surface area contributed by atoms with Gasteiger partial charge in [0, 0.05) is 18.3 Å². The van der Waals surface area contributed by atoms with E-state index in [1.807, 2.05) is 0 Å². The molecular formula is C23H20N2O5S. The Morgan fingerprint density at radius 2 is 1.71 bits per heavy atom. The van der Waals surface area contributed by atoms with Crippen LogP contribution in [0.3, 0.4) is 0 Å². The Bertz CT molecular complexity index is 1450. The number of carbonyl (C=O) groups is 1. The second-order valence-electron chi connectivity index (χ2n) is 7.21. The molecule has 0 aliphatic heterocycles. The summed E-state index contributed by atoms with van der Waals surface area (Å²) >= 11 is 0. The fraction of sp³-hybridized carbons (Fsp3) is 0.130. The molecule has 0 saturated heterocycles. The number of sulfone groups is 1. The number of H-pyrrole nitrogens is 1. The minimum absolute atomic E-state index is 0.159. The van der Waals surface area contributed by atoms with Crippen molar-refractivity contribution in [1.29, 1.82) is 0 Å². The monoisotopic (exact) mass is 436 g/mol. The number of carboxylic acid groups (broad SMARTS) is 1. The number of pyridine rings is 1. The third kappa shape index (κ3) is 3.66. The molecule has 158 valence electrons. The zero-order chi connectivity index (χ0) is 22.2. The topological polar surface area (TPSA) is 109 Å². The van der Waals surface area contributed by atoms with Gasteiger partial charge in [-0.15, -0.1) is 0 Å². The second-order valence-corrected chi connectivity index (χ2v) is 9.13. The lowest BCUT2D eigenvalue weighted by Crippen LogP contribution is -2.11. The average molecular weight is 436 g/mol. The van der Waals surface area contributed by atoms with E-state index in [9.17, 15) is 23.1 Å². The molecule has 0 aliphatic carbocycles. The van der Waals surface area contributed by atoms with Crippen molar-refractivity contribution < 1.29 is 18.3 Å². The predicted octanol–water partition coefficient (Wildman–Crippen LogP) is 3.15. The van der Waals surface area contributed by atoms with Gasteiger partial charge in [0.05, 0.1) is 20.7 Å². The number of fused-ring (bicyclic) bond motifs is 1. The summed E-state index contributed by atoms with van der Waals surface area (Å²) in [4.78, 5) is 27.0. The molecule has 8 heteroatoms. The summed E-state index contributed by atoms with van der Waals surface area (Å²) in [6.07, 6.45) is 1.64. The molecule has 0 atom stereocenters. The van der Waals surface area contributed by atoms with E-state index in [0.29, 0.717) is 27.7 Å². The van der Waals surface area contributed by atoms with Gasteiger partial charge in [0.15, 0.2) is 0 Å². The van der Waals surface area contributed by atoms with E-state index >= 15 is 0 Å². The highest BCUT2D eigenvalue weighted by atomic mass is 32.2. The third-order valence-corrected chi connectivity index (χ3v) is 7.22. The number of aliphatic carboxylic acids is 1. The smallest absolute Gasteiger partial charge is 0.323 e. The van der Waals surface area contributed by atoms with Crippen molar-refractivity contribution in [2.45, 2.75) is 29.7 Å². The number of nitrogens with one attached hydrogen (secondary N) is 1. The van der Waals surface area contributed by atoms with Crippen molar-refractivity contribution in [3.8, 4) is 0 Å². The Kier molecular flexibility index (Phi) is 5.24. The molecule has 2 aromatic carbocycles. The summed E-state index contributed by atoms with van der Waals surface area (Å²) in [5.74, 6) is -1.03. The lowest BCUT2D eigenvalue weighted by molar-refractivity contribution is -0.137. The summed E-state index contributed by atoms with van der Waals surface area (Å²) in [5, 5.41) is 9.68. The Morgan fingerprint density at radius 1 is 1.03 bits per heavy atom. The van der Waals surface area contributed by atoms with E-state index in [1.54, 1.807) is 72.2 Å². The van der Waals surface area contributed by atoms with Crippen LogP contribution in [0.25, 0.3) is 10.9 Å². The van der Waals surface area contributed by atoms with Crippen LogP contribution in [-0.4, -0.2) is 29.0 Å². The van der Waals surface area contributed by atoms with Crippen LogP contribution in [-0.2, 0) is 27.6 Å². The number of nitrogens with zero attached hydrogens (tertiary/aromatic N) is 1. The fourth-order valence-electron chi connectivity index (χ4n) is 3.89. The molecule has 0 spiro atoms. The Balaban J connectivity index is 1.90. The summed E-state index contributed by atoms with van der Waals surface area (Å²) in [5.41, 5.74) is 1.91. The molecule has 7 nitrogen and oxygen atoms in total. The van der Waals surface area contributed by atoms with Crippen molar-refractivity contribution in [3.05, 3.63) is 94.0 Å². The first kappa shape index (κ1) is 20.6. The van der Waals surface area contributed by atoms with Crippen LogP contribution >= 0.6 is 0 Å².